The predicted octanol–water partition coefficient (Wildman–Crippen LogP) is 1.53. The highest BCUT2D eigenvalue weighted by molar-refractivity contribution is 8.00. The van der Waals surface area contributed by atoms with E-state index in [2.05, 4.69) is 10.2 Å². The highest BCUT2D eigenvalue weighted by Gasteiger charge is 2.23. The van der Waals surface area contributed by atoms with Crippen molar-refractivity contribution in [3.63, 3.8) is 0 Å². The van der Waals surface area contributed by atoms with Crippen LogP contribution in [0.5, 0.6) is 11.5 Å². The molecule has 0 aliphatic heterocycles. The lowest BCUT2D eigenvalue weighted by molar-refractivity contribution is -0.128. The largest absolute Gasteiger partial charge is 0.497 e. The van der Waals surface area contributed by atoms with Crippen LogP contribution < -0.4 is 15.3 Å². The molecule has 0 saturated carbocycles. The number of ether oxygens (including phenoxy) is 2. The van der Waals surface area contributed by atoms with Crippen LogP contribution in [0.3, 0.4) is 0 Å². The van der Waals surface area contributed by atoms with Gasteiger partial charge in [0.05, 0.1) is 37.5 Å². The smallest absolute Gasteiger partial charge is 0.235 e. The molecule has 0 fully saturated rings. The number of benzene rings is 1. The van der Waals surface area contributed by atoms with Crippen molar-refractivity contribution in [2.45, 2.75) is 23.8 Å². The van der Waals surface area contributed by atoms with Crippen LogP contribution in [0, 0.1) is 11.3 Å². The second-order valence-corrected chi connectivity index (χ2v) is 6.98. The topological polar surface area (TPSA) is 119 Å². The zero-order chi connectivity index (χ0) is 20.0. The van der Waals surface area contributed by atoms with Crippen molar-refractivity contribution in [3.05, 3.63) is 18.2 Å². The number of methoxy groups -OCH3 is 2. The van der Waals surface area contributed by atoms with Gasteiger partial charge in [0.25, 0.3) is 0 Å². The minimum absolute atomic E-state index is 0.109. The Morgan fingerprint density at radius 1 is 1.41 bits per heavy atom. The molecule has 1 atom stereocenters. The van der Waals surface area contributed by atoms with Gasteiger partial charge in [0.15, 0.2) is 5.82 Å². The zero-order valence-electron chi connectivity index (χ0n) is 15.7. The fraction of sp³-hybridized carbons (Fsp3) is 0.412. The first-order valence-corrected chi connectivity index (χ1v) is 9.02. The average molecular weight is 390 g/mol. The van der Waals surface area contributed by atoms with Crippen molar-refractivity contribution in [1.82, 2.24) is 19.8 Å². The zero-order valence-corrected chi connectivity index (χ0v) is 16.5. The Morgan fingerprint density at radius 2 is 2.15 bits per heavy atom. The van der Waals surface area contributed by atoms with E-state index in [0.29, 0.717) is 34.6 Å². The number of nitrogens with two attached hydrogens (primary N) is 1. The van der Waals surface area contributed by atoms with E-state index in [1.807, 2.05) is 6.07 Å². The number of hydrogen-bond acceptors (Lipinski definition) is 8. The van der Waals surface area contributed by atoms with E-state index in [-0.39, 0.29) is 12.3 Å². The molecular weight excluding hydrogens is 368 g/mol. The van der Waals surface area contributed by atoms with Gasteiger partial charge in [-0.25, -0.2) is 4.68 Å². The van der Waals surface area contributed by atoms with Gasteiger partial charge in [0.1, 0.15) is 11.5 Å². The Kier molecular flexibility index (Phi) is 6.90. The van der Waals surface area contributed by atoms with Gasteiger partial charge in [-0.3, -0.25) is 4.79 Å². The maximum absolute atomic E-state index is 12.4. The normalized spacial score (nSPS) is 11.5. The minimum atomic E-state index is -0.425. The molecule has 1 amide bonds. The third kappa shape index (κ3) is 4.62. The fourth-order valence-corrected chi connectivity index (χ4v) is 3.26. The molecular formula is C17H22N6O3S. The number of thioether (sulfide) groups is 1. The molecule has 0 unspecified atom stereocenters. The number of nitrogens with zero attached hydrogens (tertiary/aromatic N) is 5. The van der Waals surface area contributed by atoms with E-state index in [1.165, 1.54) is 21.3 Å². The Hall–Kier alpha value is -2.93. The maximum atomic E-state index is 12.4. The van der Waals surface area contributed by atoms with Gasteiger partial charge >= 0.3 is 0 Å². The van der Waals surface area contributed by atoms with Crippen LogP contribution in [-0.2, 0) is 4.79 Å². The quantitative estimate of drug-likeness (QED) is 0.532. The highest BCUT2D eigenvalue weighted by atomic mass is 32.2. The van der Waals surface area contributed by atoms with Gasteiger partial charge < -0.3 is 20.2 Å². The number of nitrogen functional groups attached to an aromatic ring is 1. The first-order valence-electron chi connectivity index (χ1n) is 8.14. The van der Waals surface area contributed by atoms with Gasteiger partial charge in [-0.2, -0.15) is 5.26 Å². The summed E-state index contributed by atoms with van der Waals surface area (Å²) in [5.74, 6) is 7.65. The SMILES string of the molecule is COc1ccc(-c2nnc(S[C@H](C)C(=O)N(C)CCC#N)n2N)c(OC)c1. The molecule has 10 heteroatoms. The second kappa shape index (κ2) is 9.14. The lowest BCUT2D eigenvalue weighted by atomic mass is 10.2. The third-order valence-electron chi connectivity index (χ3n) is 3.88. The molecule has 0 spiro atoms. The molecule has 1 heterocycles. The average Bonchev–Trinajstić information content (AvgIpc) is 3.04. The number of aromatic nitrogens is 3. The molecule has 2 N–H and O–H groups in total. The molecule has 27 heavy (non-hydrogen) atoms. The number of nitriles is 1. The van der Waals surface area contributed by atoms with Gasteiger partial charge in [0.2, 0.25) is 11.1 Å². The van der Waals surface area contributed by atoms with Crippen molar-refractivity contribution < 1.29 is 14.3 Å². The summed E-state index contributed by atoms with van der Waals surface area (Å²) >= 11 is 1.20. The van der Waals surface area contributed by atoms with Crippen LogP contribution in [-0.4, -0.2) is 58.7 Å². The first kappa shape index (κ1) is 20.4. The molecule has 0 saturated heterocycles. The van der Waals surface area contributed by atoms with Crippen molar-refractivity contribution >= 4 is 17.7 Å². The Morgan fingerprint density at radius 3 is 2.78 bits per heavy atom. The molecule has 1 aromatic carbocycles. The highest BCUT2D eigenvalue weighted by Crippen LogP contribution is 2.33. The van der Waals surface area contributed by atoms with E-state index in [1.54, 1.807) is 46.4 Å². The molecule has 0 radical (unpaired) electrons. The third-order valence-corrected chi connectivity index (χ3v) is 4.92. The Labute approximate surface area is 162 Å². The molecule has 9 nitrogen and oxygen atoms in total. The van der Waals surface area contributed by atoms with E-state index < -0.39 is 5.25 Å². The van der Waals surface area contributed by atoms with Gasteiger partial charge in [-0.1, -0.05) is 11.8 Å². The predicted molar refractivity (Wildman–Crippen MR) is 102 cm³/mol. The monoisotopic (exact) mass is 390 g/mol. The van der Waals surface area contributed by atoms with E-state index in [4.69, 9.17) is 20.6 Å². The summed E-state index contributed by atoms with van der Waals surface area (Å²) in [6, 6.07) is 7.31. The molecule has 2 aromatic rings. The number of carbonyl (C=O) groups excluding carboxylic acids is 1. The van der Waals surface area contributed by atoms with E-state index >= 15 is 0 Å². The maximum Gasteiger partial charge on any atom is 0.235 e. The lowest BCUT2D eigenvalue weighted by Gasteiger charge is -2.19. The van der Waals surface area contributed by atoms with Gasteiger partial charge in [-0.05, 0) is 19.1 Å². The van der Waals surface area contributed by atoms with Gasteiger partial charge in [-0.15, -0.1) is 10.2 Å². The number of hydrogen-bond donors (Lipinski definition) is 1. The summed E-state index contributed by atoms with van der Waals surface area (Å²) in [6.07, 6.45) is 0.286. The molecule has 0 bridgehead atoms. The fourth-order valence-electron chi connectivity index (χ4n) is 2.37. The molecule has 0 aliphatic rings. The molecule has 0 aliphatic carbocycles. The van der Waals surface area contributed by atoms with Crippen LogP contribution in [0.25, 0.3) is 11.4 Å². The Bertz CT molecular complexity index is 848. The van der Waals surface area contributed by atoms with Crippen molar-refractivity contribution in [1.29, 1.82) is 5.26 Å². The summed E-state index contributed by atoms with van der Waals surface area (Å²) in [7, 11) is 4.78. The molecule has 144 valence electrons. The minimum Gasteiger partial charge on any atom is -0.497 e. The number of amides is 1. The standard InChI is InChI=1S/C17H22N6O3S/c1-11(16(24)22(2)9-5-8-18)27-17-21-20-15(23(17)19)13-7-6-12(25-3)10-14(13)26-4/h6-7,10-11H,5,9,19H2,1-4H3/t11-/m1/s1. The van der Waals surface area contributed by atoms with Crippen LogP contribution in [0.4, 0.5) is 0 Å². The van der Waals surface area contributed by atoms with E-state index in [9.17, 15) is 4.79 Å². The van der Waals surface area contributed by atoms with Gasteiger partial charge in [0, 0.05) is 19.7 Å². The van der Waals surface area contributed by atoms with Crippen LogP contribution in [0.2, 0.25) is 0 Å². The van der Waals surface area contributed by atoms with Crippen molar-refractivity contribution in [2.24, 2.45) is 0 Å². The van der Waals surface area contributed by atoms with Crippen LogP contribution >= 0.6 is 11.8 Å². The van der Waals surface area contributed by atoms with Crippen molar-refractivity contribution in [2.75, 3.05) is 33.7 Å². The summed E-state index contributed by atoms with van der Waals surface area (Å²) in [5.41, 5.74) is 0.658. The second-order valence-electron chi connectivity index (χ2n) is 5.67. The van der Waals surface area contributed by atoms with Crippen LogP contribution in [0.1, 0.15) is 13.3 Å². The first-order chi connectivity index (χ1) is 12.9. The number of carbonyl (C=O) groups is 1. The molecule has 1 aromatic heterocycles. The molecule has 2 rings (SSSR count). The lowest BCUT2D eigenvalue weighted by Crippen LogP contribution is -2.34. The number of rotatable bonds is 8. The Balaban J connectivity index is 2.20. The summed E-state index contributed by atoms with van der Waals surface area (Å²) in [6.45, 7) is 2.14. The van der Waals surface area contributed by atoms with E-state index in [0.717, 1.165) is 0 Å². The van der Waals surface area contributed by atoms with Crippen molar-refractivity contribution in [3.8, 4) is 29.0 Å². The summed E-state index contributed by atoms with van der Waals surface area (Å²) in [5, 5.41) is 16.8. The van der Waals surface area contributed by atoms with Crippen LogP contribution in [0.15, 0.2) is 23.4 Å². The summed E-state index contributed by atoms with van der Waals surface area (Å²) in [4.78, 5) is 13.9. The summed E-state index contributed by atoms with van der Waals surface area (Å²) < 4.78 is 11.9.